The molecule has 1 heterocycles. The highest BCUT2D eigenvalue weighted by Crippen LogP contribution is 2.14. The average molecular weight is 233 g/mol. The van der Waals surface area contributed by atoms with Crippen LogP contribution >= 0.6 is 0 Å². The number of nitrogens with one attached hydrogen (secondary N) is 1. The second-order valence-electron chi connectivity index (χ2n) is 4.46. The van der Waals surface area contributed by atoms with Crippen molar-refractivity contribution in [3.8, 4) is 0 Å². The number of hydrogen-bond donors (Lipinski definition) is 2. The number of likely N-dealkylation sites (tertiary alicyclic amines) is 1. The Morgan fingerprint density at radius 1 is 1.18 bits per heavy atom. The highest BCUT2D eigenvalue weighted by atomic mass is 16.2. The molecule has 92 valence electrons. The van der Waals surface area contributed by atoms with E-state index in [1.165, 1.54) is 12.8 Å². The van der Waals surface area contributed by atoms with E-state index in [2.05, 4.69) is 5.32 Å². The summed E-state index contributed by atoms with van der Waals surface area (Å²) in [6.07, 6.45) is 4.65. The van der Waals surface area contributed by atoms with Crippen molar-refractivity contribution in [2.45, 2.75) is 25.7 Å². The summed E-state index contributed by atoms with van der Waals surface area (Å²) in [5, 5.41) is 2.89. The van der Waals surface area contributed by atoms with E-state index in [9.17, 15) is 4.79 Å². The monoisotopic (exact) mass is 233 g/mol. The number of amides is 2. The number of anilines is 2. The first-order valence-electron chi connectivity index (χ1n) is 6.17. The molecule has 1 fully saturated rings. The molecule has 0 radical (unpaired) electrons. The van der Waals surface area contributed by atoms with E-state index in [0.29, 0.717) is 5.69 Å². The largest absolute Gasteiger partial charge is 0.399 e. The van der Waals surface area contributed by atoms with E-state index in [-0.39, 0.29) is 6.03 Å². The zero-order valence-corrected chi connectivity index (χ0v) is 9.98. The number of nitrogens with two attached hydrogens (primary N) is 1. The van der Waals surface area contributed by atoms with Crippen LogP contribution < -0.4 is 11.1 Å². The van der Waals surface area contributed by atoms with Crippen LogP contribution in [-0.4, -0.2) is 24.0 Å². The summed E-state index contributed by atoms with van der Waals surface area (Å²) < 4.78 is 0. The van der Waals surface area contributed by atoms with Crippen LogP contribution in [0.4, 0.5) is 16.2 Å². The summed E-state index contributed by atoms with van der Waals surface area (Å²) in [5.74, 6) is 0. The van der Waals surface area contributed by atoms with Gasteiger partial charge in [-0.15, -0.1) is 0 Å². The maximum absolute atomic E-state index is 12.0. The Morgan fingerprint density at radius 2 is 1.88 bits per heavy atom. The molecule has 1 aromatic rings. The second-order valence-corrected chi connectivity index (χ2v) is 4.46. The van der Waals surface area contributed by atoms with Gasteiger partial charge in [-0.2, -0.15) is 0 Å². The minimum Gasteiger partial charge on any atom is -0.399 e. The highest BCUT2D eigenvalue weighted by molar-refractivity contribution is 5.89. The zero-order chi connectivity index (χ0) is 12.1. The Hall–Kier alpha value is -1.71. The van der Waals surface area contributed by atoms with E-state index in [0.717, 1.165) is 31.6 Å². The number of nitrogen functional groups attached to an aromatic ring is 1. The third-order valence-electron chi connectivity index (χ3n) is 3.03. The van der Waals surface area contributed by atoms with E-state index in [1.54, 1.807) is 6.07 Å². The SMILES string of the molecule is Nc1cccc(NC(=O)N2CCCCCC2)c1. The van der Waals surface area contributed by atoms with Gasteiger partial charge in [-0.25, -0.2) is 4.79 Å². The summed E-state index contributed by atoms with van der Waals surface area (Å²) >= 11 is 0. The number of carbonyl (C=O) groups is 1. The number of carbonyl (C=O) groups excluding carboxylic acids is 1. The number of benzene rings is 1. The van der Waals surface area contributed by atoms with E-state index in [1.807, 2.05) is 23.1 Å². The van der Waals surface area contributed by atoms with E-state index in [4.69, 9.17) is 5.73 Å². The van der Waals surface area contributed by atoms with Crippen LogP contribution in [0, 0.1) is 0 Å². The average Bonchev–Trinajstić information content (AvgIpc) is 2.57. The first-order chi connectivity index (χ1) is 8.25. The maximum atomic E-state index is 12.0. The molecule has 17 heavy (non-hydrogen) atoms. The lowest BCUT2D eigenvalue weighted by Crippen LogP contribution is -2.35. The molecule has 3 N–H and O–H groups in total. The zero-order valence-electron chi connectivity index (χ0n) is 9.98. The van der Waals surface area contributed by atoms with Crippen molar-refractivity contribution < 1.29 is 4.79 Å². The fraction of sp³-hybridized carbons (Fsp3) is 0.462. The Kier molecular flexibility index (Phi) is 3.85. The number of rotatable bonds is 1. The predicted molar refractivity (Wildman–Crippen MR) is 69.9 cm³/mol. The fourth-order valence-electron chi connectivity index (χ4n) is 2.09. The van der Waals surface area contributed by atoms with Crippen LogP contribution in [0.2, 0.25) is 0 Å². The molecule has 4 heteroatoms. The van der Waals surface area contributed by atoms with Crippen LogP contribution in [0.25, 0.3) is 0 Å². The Morgan fingerprint density at radius 3 is 2.53 bits per heavy atom. The number of hydrogen-bond acceptors (Lipinski definition) is 2. The predicted octanol–water partition coefficient (Wildman–Crippen LogP) is 2.68. The summed E-state index contributed by atoms with van der Waals surface area (Å²) in [4.78, 5) is 13.9. The Balaban J connectivity index is 1.95. The third-order valence-corrected chi connectivity index (χ3v) is 3.03. The van der Waals surface area contributed by atoms with Gasteiger partial charge in [-0.05, 0) is 31.0 Å². The Bertz CT molecular complexity index is 384. The smallest absolute Gasteiger partial charge is 0.321 e. The van der Waals surface area contributed by atoms with Crippen molar-refractivity contribution in [3.63, 3.8) is 0 Å². The van der Waals surface area contributed by atoms with Crippen LogP contribution in [0.3, 0.4) is 0 Å². The van der Waals surface area contributed by atoms with Crippen molar-refractivity contribution in [2.24, 2.45) is 0 Å². The van der Waals surface area contributed by atoms with E-state index >= 15 is 0 Å². The fourth-order valence-corrected chi connectivity index (χ4v) is 2.09. The van der Waals surface area contributed by atoms with Crippen molar-refractivity contribution in [2.75, 3.05) is 24.1 Å². The van der Waals surface area contributed by atoms with Crippen molar-refractivity contribution in [1.82, 2.24) is 4.90 Å². The van der Waals surface area contributed by atoms with Crippen molar-refractivity contribution >= 4 is 17.4 Å². The standard InChI is InChI=1S/C13H19N3O/c14-11-6-5-7-12(10-11)15-13(17)16-8-3-1-2-4-9-16/h5-7,10H,1-4,8-9,14H2,(H,15,17). The Labute approximate surface area is 102 Å². The van der Waals surface area contributed by atoms with Gasteiger partial charge in [0.2, 0.25) is 0 Å². The van der Waals surface area contributed by atoms with Crippen LogP contribution in [0.1, 0.15) is 25.7 Å². The summed E-state index contributed by atoms with van der Waals surface area (Å²) in [6.45, 7) is 1.71. The van der Waals surface area contributed by atoms with Gasteiger partial charge in [0.1, 0.15) is 0 Å². The summed E-state index contributed by atoms with van der Waals surface area (Å²) in [6, 6.07) is 7.26. The summed E-state index contributed by atoms with van der Waals surface area (Å²) in [7, 11) is 0. The minimum atomic E-state index is -0.0162. The highest BCUT2D eigenvalue weighted by Gasteiger charge is 2.15. The molecule has 1 aliphatic heterocycles. The van der Waals surface area contributed by atoms with Gasteiger partial charge in [0.25, 0.3) is 0 Å². The molecule has 0 spiro atoms. The minimum absolute atomic E-state index is 0.0162. The van der Waals surface area contributed by atoms with Crippen LogP contribution in [-0.2, 0) is 0 Å². The van der Waals surface area contributed by atoms with Gasteiger partial charge in [-0.1, -0.05) is 18.9 Å². The third kappa shape index (κ3) is 3.37. The van der Waals surface area contributed by atoms with Gasteiger partial charge in [-0.3, -0.25) is 0 Å². The summed E-state index contributed by atoms with van der Waals surface area (Å²) in [5.41, 5.74) is 7.10. The molecule has 2 rings (SSSR count). The van der Waals surface area contributed by atoms with Gasteiger partial charge in [0, 0.05) is 24.5 Å². The lowest BCUT2D eigenvalue weighted by molar-refractivity contribution is 0.214. The van der Waals surface area contributed by atoms with Crippen LogP contribution in [0.15, 0.2) is 24.3 Å². The molecule has 1 aromatic carbocycles. The molecule has 0 atom stereocenters. The van der Waals surface area contributed by atoms with Gasteiger partial charge in [0.15, 0.2) is 0 Å². The van der Waals surface area contributed by atoms with Gasteiger partial charge < -0.3 is 16.0 Å². The second kappa shape index (κ2) is 5.57. The van der Waals surface area contributed by atoms with Gasteiger partial charge in [0.05, 0.1) is 0 Å². The molecular formula is C13H19N3O. The normalized spacial score (nSPS) is 16.4. The van der Waals surface area contributed by atoms with Crippen molar-refractivity contribution in [3.05, 3.63) is 24.3 Å². The molecule has 0 aliphatic carbocycles. The molecule has 1 saturated heterocycles. The van der Waals surface area contributed by atoms with E-state index < -0.39 is 0 Å². The molecule has 4 nitrogen and oxygen atoms in total. The van der Waals surface area contributed by atoms with Crippen molar-refractivity contribution in [1.29, 1.82) is 0 Å². The molecule has 2 amide bonds. The molecule has 0 aromatic heterocycles. The maximum Gasteiger partial charge on any atom is 0.321 e. The first kappa shape index (κ1) is 11.8. The quantitative estimate of drug-likeness (QED) is 0.733. The molecule has 1 aliphatic rings. The van der Waals surface area contributed by atoms with Gasteiger partial charge >= 0.3 is 6.03 Å². The first-order valence-corrected chi connectivity index (χ1v) is 6.17. The molecule has 0 saturated carbocycles. The topological polar surface area (TPSA) is 58.4 Å². The van der Waals surface area contributed by atoms with Crippen LogP contribution in [0.5, 0.6) is 0 Å². The lowest BCUT2D eigenvalue weighted by Gasteiger charge is -2.20. The molecular weight excluding hydrogens is 214 g/mol. The lowest BCUT2D eigenvalue weighted by atomic mass is 10.2. The molecule has 0 bridgehead atoms. The number of nitrogens with zero attached hydrogens (tertiary/aromatic N) is 1. The number of urea groups is 1. The molecule has 0 unspecified atom stereocenters.